The summed E-state index contributed by atoms with van der Waals surface area (Å²) in [7, 11) is 1.78. The van der Waals surface area contributed by atoms with Gasteiger partial charge in [0.15, 0.2) is 5.78 Å². The van der Waals surface area contributed by atoms with E-state index in [2.05, 4.69) is 11.2 Å². The Morgan fingerprint density at radius 1 is 1.42 bits per heavy atom. The first-order valence-electron chi connectivity index (χ1n) is 6.18. The number of hydrogen-bond acceptors (Lipinski definition) is 3. The van der Waals surface area contributed by atoms with Crippen molar-refractivity contribution in [3.8, 4) is 6.07 Å². The molecule has 4 heteroatoms. The Kier molecular flexibility index (Phi) is 3.76. The SMILES string of the molecule is CCc1nn(C)cc1C(=O)C(C#N)c1ccccc1. The summed E-state index contributed by atoms with van der Waals surface area (Å²) in [5, 5.41) is 13.5. The fourth-order valence-electron chi connectivity index (χ4n) is 2.09. The van der Waals surface area contributed by atoms with Crippen molar-refractivity contribution < 1.29 is 4.79 Å². The van der Waals surface area contributed by atoms with E-state index in [1.54, 1.807) is 30.1 Å². The maximum Gasteiger partial charge on any atom is 0.187 e. The number of carbonyl (C=O) groups excluding carboxylic acids is 1. The number of aromatic nitrogens is 2. The van der Waals surface area contributed by atoms with Crippen LogP contribution in [-0.2, 0) is 13.5 Å². The van der Waals surface area contributed by atoms with Crippen molar-refractivity contribution in [2.45, 2.75) is 19.3 Å². The third-order valence-corrected chi connectivity index (χ3v) is 3.03. The minimum absolute atomic E-state index is 0.182. The molecule has 1 heterocycles. The summed E-state index contributed by atoms with van der Waals surface area (Å²) in [6.45, 7) is 1.95. The summed E-state index contributed by atoms with van der Waals surface area (Å²) in [6.07, 6.45) is 2.36. The normalized spacial score (nSPS) is 11.8. The van der Waals surface area contributed by atoms with Crippen molar-refractivity contribution in [1.29, 1.82) is 5.26 Å². The monoisotopic (exact) mass is 253 g/mol. The number of benzene rings is 1. The molecule has 0 N–H and O–H groups in total. The Balaban J connectivity index is 2.40. The zero-order chi connectivity index (χ0) is 13.8. The zero-order valence-electron chi connectivity index (χ0n) is 11.0. The van der Waals surface area contributed by atoms with E-state index in [-0.39, 0.29) is 5.78 Å². The number of hydrogen-bond donors (Lipinski definition) is 0. The van der Waals surface area contributed by atoms with Gasteiger partial charge in [0.05, 0.1) is 17.3 Å². The molecule has 0 saturated heterocycles. The second-order valence-corrected chi connectivity index (χ2v) is 4.35. The van der Waals surface area contributed by atoms with Gasteiger partial charge in [-0.1, -0.05) is 37.3 Å². The molecule has 2 aromatic rings. The molecule has 0 spiro atoms. The van der Waals surface area contributed by atoms with Crippen LogP contribution in [0.4, 0.5) is 0 Å². The molecule has 2 rings (SSSR count). The number of ketones is 1. The van der Waals surface area contributed by atoms with E-state index in [0.717, 1.165) is 11.3 Å². The number of nitrogens with zero attached hydrogens (tertiary/aromatic N) is 3. The van der Waals surface area contributed by atoms with E-state index in [9.17, 15) is 10.1 Å². The molecular formula is C15H15N3O. The van der Waals surface area contributed by atoms with Gasteiger partial charge in [-0.25, -0.2) is 0 Å². The van der Waals surface area contributed by atoms with Crippen molar-refractivity contribution in [1.82, 2.24) is 9.78 Å². The standard InChI is InChI=1S/C15H15N3O/c1-3-14-13(10-18(2)17-14)15(19)12(9-16)11-7-5-4-6-8-11/h4-8,10,12H,3H2,1-2H3. The van der Waals surface area contributed by atoms with Crippen molar-refractivity contribution in [3.05, 3.63) is 53.3 Å². The van der Waals surface area contributed by atoms with Crippen LogP contribution in [0.3, 0.4) is 0 Å². The van der Waals surface area contributed by atoms with Gasteiger partial charge < -0.3 is 0 Å². The molecule has 96 valence electrons. The van der Waals surface area contributed by atoms with E-state index >= 15 is 0 Å². The summed E-state index contributed by atoms with van der Waals surface area (Å²) < 4.78 is 1.62. The lowest BCUT2D eigenvalue weighted by Crippen LogP contribution is -2.12. The van der Waals surface area contributed by atoms with Crippen LogP contribution in [0.1, 0.15) is 34.5 Å². The highest BCUT2D eigenvalue weighted by Gasteiger charge is 2.25. The van der Waals surface area contributed by atoms with Gasteiger partial charge in [0.2, 0.25) is 0 Å². The third kappa shape index (κ3) is 2.55. The molecule has 0 amide bonds. The van der Waals surface area contributed by atoms with E-state index in [1.807, 2.05) is 25.1 Å². The molecule has 0 radical (unpaired) electrons. The third-order valence-electron chi connectivity index (χ3n) is 3.03. The van der Waals surface area contributed by atoms with Crippen molar-refractivity contribution in [2.24, 2.45) is 7.05 Å². The van der Waals surface area contributed by atoms with Gasteiger partial charge in [0.25, 0.3) is 0 Å². The first-order valence-corrected chi connectivity index (χ1v) is 6.18. The fraction of sp³-hybridized carbons (Fsp3) is 0.267. The summed E-state index contributed by atoms with van der Waals surface area (Å²) >= 11 is 0. The summed E-state index contributed by atoms with van der Waals surface area (Å²) in [6, 6.07) is 11.2. The Bertz CT molecular complexity index is 623. The molecule has 1 unspecified atom stereocenters. The predicted molar refractivity (Wildman–Crippen MR) is 71.7 cm³/mol. The lowest BCUT2D eigenvalue weighted by atomic mass is 9.92. The quantitative estimate of drug-likeness (QED) is 0.786. The largest absolute Gasteiger partial charge is 0.292 e. The van der Waals surface area contributed by atoms with Crippen molar-refractivity contribution in [3.63, 3.8) is 0 Å². The summed E-state index contributed by atoms with van der Waals surface area (Å²) in [5.74, 6) is -0.950. The second kappa shape index (κ2) is 5.49. The second-order valence-electron chi connectivity index (χ2n) is 4.35. The van der Waals surface area contributed by atoms with E-state index in [1.165, 1.54) is 0 Å². The van der Waals surface area contributed by atoms with E-state index < -0.39 is 5.92 Å². The van der Waals surface area contributed by atoms with Gasteiger partial charge in [-0.15, -0.1) is 0 Å². The zero-order valence-corrected chi connectivity index (χ0v) is 11.0. The van der Waals surface area contributed by atoms with Crippen molar-refractivity contribution in [2.75, 3.05) is 0 Å². The molecule has 0 aliphatic carbocycles. The number of rotatable bonds is 4. The Morgan fingerprint density at radius 3 is 2.68 bits per heavy atom. The molecule has 0 fully saturated rings. The van der Waals surface area contributed by atoms with Gasteiger partial charge in [0, 0.05) is 13.2 Å². The van der Waals surface area contributed by atoms with Crippen LogP contribution in [-0.4, -0.2) is 15.6 Å². The van der Waals surface area contributed by atoms with Crippen molar-refractivity contribution >= 4 is 5.78 Å². The topological polar surface area (TPSA) is 58.7 Å². The summed E-state index contributed by atoms with van der Waals surface area (Å²) in [5.41, 5.74) is 2.00. The molecule has 1 atom stereocenters. The number of Topliss-reactive ketones (excluding diaryl/α,β-unsaturated/α-hetero) is 1. The summed E-state index contributed by atoms with van der Waals surface area (Å²) in [4.78, 5) is 12.5. The minimum atomic E-state index is -0.768. The van der Waals surface area contributed by atoms with E-state index in [0.29, 0.717) is 12.0 Å². The number of aryl methyl sites for hydroxylation is 2. The van der Waals surface area contributed by atoms with Crippen LogP contribution in [0, 0.1) is 11.3 Å². The van der Waals surface area contributed by atoms with Crippen LogP contribution in [0.2, 0.25) is 0 Å². The molecule has 4 nitrogen and oxygen atoms in total. The van der Waals surface area contributed by atoms with E-state index in [4.69, 9.17) is 0 Å². The predicted octanol–water partition coefficient (Wildman–Crippen LogP) is 2.47. The Hall–Kier alpha value is -2.41. The maximum atomic E-state index is 12.5. The Morgan fingerprint density at radius 2 is 2.11 bits per heavy atom. The molecule has 0 bridgehead atoms. The minimum Gasteiger partial charge on any atom is -0.292 e. The number of carbonyl (C=O) groups is 1. The molecule has 0 aliphatic heterocycles. The van der Waals surface area contributed by atoms with Crippen LogP contribution in [0.25, 0.3) is 0 Å². The molecule has 19 heavy (non-hydrogen) atoms. The highest BCUT2D eigenvalue weighted by molar-refractivity contribution is 6.03. The maximum absolute atomic E-state index is 12.5. The highest BCUT2D eigenvalue weighted by Crippen LogP contribution is 2.22. The van der Waals surface area contributed by atoms with Crippen LogP contribution >= 0.6 is 0 Å². The van der Waals surface area contributed by atoms with Gasteiger partial charge in [-0.05, 0) is 12.0 Å². The number of nitriles is 1. The average Bonchev–Trinajstić information content (AvgIpc) is 2.82. The van der Waals surface area contributed by atoms with Gasteiger partial charge >= 0.3 is 0 Å². The highest BCUT2D eigenvalue weighted by atomic mass is 16.1. The van der Waals surface area contributed by atoms with Gasteiger partial charge in [0.1, 0.15) is 5.92 Å². The molecule has 0 saturated carbocycles. The molecule has 1 aromatic heterocycles. The lowest BCUT2D eigenvalue weighted by molar-refractivity contribution is 0.0978. The first kappa shape index (κ1) is 13.0. The molecule has 1 aromatic carbocycles. The van der Waals surface area contributed by atoms with Crippen LogP contribution < -0.4 is 0 Å². The Labute approximate surface area is 112 Å². The lowest BCUT2D eigenvalue weighted by Gasteiger charge is -2.07. The molecule has 0 aliphatic rings. The van der Waals surface area contributed by atoms with Crippen LogP contribution in [0.5, 0.6) is 0 Å². The van der Waals surface area contributed by atoms with Crippen LogP contribution in [0.15, 0.2) is 36.5 Å². The first-order chi connectivity index (χ1) is 9.17. The fourth-order valence-corrected chi connectivity index (χ4v) is 2.09. The van der Waals surface area contributed by atoms with Gasteiger partial charge in [-0.3, -0.25) is 9.48 Å². The molecular weight excluding hydrogens is 238 g/mol. The average molecular weight is 253 g/mol. The smallest absolute Gasteiger partial charge is 0.187 e. The van der Waals surface area contributed by atoms with Gasteiger partial charge in [-0.2, -0.15) is 10.4 Å².